The van der Waals surface area contributed by atoms with Crippen LogP contribution in [0.25, 0.3) is 150 Å². The van der Waals surface area contributed by atoms with Gasteiger partial charge in [-0.15, -0.1) is 22.7 Å². The van der Waals surface area contributed by atoms with Gasteiger partial charge in [0.15, 0.2) is 0 Å². The number of hydrogen-bond donors (Lipinski definition) is 0. The first-order chi connectivity index (χ1) is 45.1. The Morgan fingerprint density at radius 1 is 0.209 bits per heavy atom. The van der Waals surface area contributed by atoms with Gasteiger partial charge >= 0.3 is 0 Å². The topological polar surface area (TPSA) is 29.5 Å². The summed E-state index contributed by atoms with van der Waals surface area (Å²) in [6.07, 6.45) is 0. The third-order valence-corrected chi connectivity index (χ3v) is 21.3. The van der Waals surface area contributed by atoms with Crippen LogP contribution in [0.3, 0.4) is 0 Å². The minimum atomic E-state index is 0.848. The Morgan fingerprint density at radius 3 is 1.08 bits per heavy atom. The Balaban J connectivity index is 0.771. The number of aromatic nitrogens is 2. The number of furan rings is 1. The summed E-state index contributed by atoms with van der Waals surface area (Å²) in [7, 11) is 0. The molecule has 20 rings (SSSR count). The molecule has 0 saturated carbocycles. The van der Waals surface area contributed by atoms with E-state index in [1.807, 2.05) is 22.7 Å². The van der Waals surface area contributed by atoms with E-state index in [0.717, 1.165) is 78.3 Å². The highest BCUT2D eigenvalue weighted by Crippen LogP contribution is 2.49. The van der Waals surface area contributed by atoms with Crippen LogP contribution < -0.4 is 9.80 Å². The third kappa shape index (κ3) is 7.63. The molecule has 0 saturated heterocycles. The van der Waals surface area contributed by atoms with Crippen molar-refractivity contribution in [2.24, 2.45) is 0 Å². The number of para-hydroxylation sites is 4. The zero-order chi connectivity index (χ0) is 59.4. The van der Waals surface area contributed by atoms with Gasteiger partial charge in [-0.25, -0.2) is 0 Å². The molecule has 20 aromatic rings. The van der Waals surface area contributed by atoms with Crippen LogP contribution in [-0.4, -0.2) is 9.13 Å². The van der Waals surface area contributed by atoms with Crippen molar-refractivity contribution in [2.45, 2.75) is 0 Å². The molecule has 15 aromatic carbocycles. The molecule has 0 bridgehead atoms. The fourth-order valence-electron chi connectivity index (χ4n) is 15.0. The molecule has 0 N–H and O–H groups in total. The van der Waals surface area contributed by atoms with Crippen LogP contribution in [0.2, 0.25) is 0 Å². The molecule has 0 atom stereocenters. The normalized spacial score (nSPS) is 12.2. The van der Waals surface area contributed by atoms with Gasteiger partial charge in [0.25, 0.3) is 0 Å². The van der Waals surface area contributed by atoms with E-state index in [1.54, 1.807) is 0 Å². The standard InChI is InChI=1S/C84H50N4OS2/c1-3-17-51(18-4-1)87-75-27-13-9-23-62(75)69-44-54(32-38-77(69)87)85(57-35-41-83-73(47-57)64-25-11-15-29-81(64)90-83)53-31-37-61-66(43-53)59-21-7-8-22-60(59)67-49-72-71-46-56(34-40-79(71)89-80(72)50-68(61)67)86(58-36-42-84-74(48-58)65-26-12-16-30-82(65)91-84)55-33-39-78-70(45-55)63-24-10-14-28-76(63)88(78)52-19-5-2-6-20-52/h1-50H. The fourth-order valence-corrected chi connectivity index (χ4v) is 17.2. The minimum Gasteiger partial charge on any atom is -0.456 e. The number of anilines is 6. The molecule has 0 fully saturated rings. The number of benzene rings is 15. The molecular weight excluding hydrogens is 1150 g/mol. The Morgan fingerprint density at radius 2 is 0.549 bits per heavy atom. The molecule has 0 aliphatic heterocycles. The molecule has 0 radical (unpaired) electrons. The first-order valence-corrected chi connectivity index (χ1v) is 32.6. The largest absolute Gasteiger partial charge is 0.456 e. The van der Waals surface area contributed by atoms with Crippen molar-refractivity contribution >= 4 is 195 Å². The first kappa shape index (κ1) is 50.5. The summed E-state index contributed by atoms with van der Waals surface area (Å²) in [6.45, 7) is 0. The van der Waals surface area contributed by atoms with Crippen LogP contribution in [0, 0.1) is 0 Å². The molecular formula is C84H50N4OS2. The van der Waals surface area contributed by atoms with Crippen molar-refractivity contribution in [2.75, 3.05) is 9.80 Å². The monoisotopic (exact) mass is 1190 g/mol. The highest BCUT2D eigenvalue weighted by Gasteiger charge is 2.24. The number of thiophene rings is 2. The second-order valence-electron chi connectivity index (χ2n) is 24.0. The average molecular weight is 1200 g/mol. The molecule has 5 aromatic heterocycles. The van der Waals surface area contributed by atoms with E-state index in [1.165, 1.54) is 105 Å². The summed E-state index contributed by atoms with van der Waals surface area (Å²) in [5, 5.41) is 19.1. The van der Waals surface area contributed by atoms with Crippen LogP contribution >= 0.6 is 22.7 Å². The molecule has 0 aliphatic rings. The van der Waals surface area contributed by atoms with Gasteiger partial charge in [-0.3, -0.25) is 0 Å². The highest BCUT2D eigenvalue weighted by molar-refractivity contribution is 7.26. The maximum atomic E-state index is 7.02. The van der Waals surface area contributed by atoms with E-state index in [-0.39, 0.29) is 0 Å². The van der Waals surface area contributed by atoms with Crippen LogP contribution in [0.1, 0.15) is 0 Å². The zero-order valence-corrected chi connectivity index (χ0v) is 50.5. The lowest BCUT2D eigenvalue weighted by Gasteiger charge is -2.26. The van der Waals surface area contributed by atoms with Crippen LogP contribution in [0.15, 0.2) is 308 Å². The molecule has 0 spiro atoms. The van der Waals surface area contributed by atoms with Crippen molar-refractivity contribution in [3.05, 3.63) is 303 Å². The summed E-state index contributed by atoms with van der Waals surface area (Å²) >= 11 is 3.70. The summed E-state index contributed by atoms with van der Waals surface area (Å²) in [6, 6.07) is 112. The maximum absolute atomic E-state index is 7.02. The lowest BCUT2D eigenvalue weighted by Crippen LogP contribution is -2.10. The molecule has 424 valence electrons. The van der Waals surface area contributed by atoms with Gasteiger partial charge < -0.3 is 23.4 Å². The molecule has 91 heavy (non-hydrogen) atoms. The number of nitrogens with zero attached hydrogens (tertiary/aromatic N) is 4. The first-order valence-electron chi connectivity index (χ1n) is 30.9. The SMILES string of the molecule is c1ccc(-n2c3ccccc3c3cc(N(c4ccc5oc6cc7c8ccc(N(c9ccc%10sc%11ccccc%11c%10c9)c9ccc%10c(c9)c9ccccc9n%10-c9ccccc9)cc8c8ccccc8c7cc6c5c4)c4ccc5sc6ccccc6c5c4)ccc32)cc1. The molecule has 5 nitrogen and oxygen atoms in total. The fraction of sp³-hybridized carbons (Fsp3) is 0. The van der Waals surface area contributed by atoms with Gasteiger partial charge in [-0.1, -0.05) is 140 Å². The molecule has 0 amide bonds. The Kier molecular flexibility index (Phi) is 10.8. The van der Waals surface area contributed by atoms with E-state index >= 15 is 0 Å². The van der Waals surface area contributed by atoms with E-state index in [2.05, 4.69) is 322 Å². The smallest absolute Gasteiger partial charge is 0.136 e. The third-order valence-electron chi connectivity index (χ3n) is 19.0. The number of hydrogen-bond acceptors (Lipinski definition) is 5. The van der Waals surface area contributed by atoms with Gasteiger partial charge in [0.05, 0.1) is 22.1 Å². The zero-order valence-electron chi connectivity index (χ0n) is 48.9. The van der Waals surface area contributed by atoms with Crippen molar-refractivity contribution < 1.29 is 4.42 Å². The van der Waals surface area contributed by atoms with E-state index in [0.29, 0.717) is 0 Å². The molecule has 7 heteroatoms. The molecule has 5 heterocycles. The van der Waals surface area contributed by atoms with E-state index in [4.69, 9.17) is 4.42 Å². The number of rotatable bonds is 8. The van der Waals surface area contributed by atoms with Crippen molar-refractivity contribution in [3.8, 4) is 11.4 Å². The quantitative estimate of drug-likeness (QED) is 0.142. The predicted octanol–water partition coefficient (Wildman–Crippen LogP) is 24.9. The van der Waals surface area contributed by atoms with Gasteiger partial charge in [-0.05, 0) is 196 Å². The number of fused-ring (bicyclic) bond motifs is 21. The van der Waals surface area contributed by atoms with Crippen LogP contribution in [0.5, 0.6) is 0 Å². The van der Waals surface area contributed by atoms with Crippen molar-refractivity contribution in [3.63, 3.8) is 0 Å². The Labute approximate surface area is 529 Å². The maximum Gasteiger partial charge on any atom is 0.136 e. The summed E-state index contributed by atoms with van der Waals surface area (Å²) in [5.41, 5.74) is 15.2. The average Bonchev–Trinajstić information content (AvgIpc) is 1.76. The van der Waals surface area contributed by atoms with Gasteiger partial charge in [0.2, 0.25) is 0 Å². The second kappa shape index (κ2) is 19.5. The van der Waals surface area contributed by atoms with E-state index < -0.39 is 0 Å². The Hall–Kier alpha value is -11.5. The second-order valence-corrected chi connectivity index (χ2v) is 26.1. The lowest BCUT2D eigenvalue weighted by atomic mass is 9.92. The van der Waals surface area contributed by atoms with Crippen LogP contribution in [-0.2, 0) is 0 Å². The molecule has 0 aliphatic carbocycles. The predicted molar refractivity (Wildman–Crippen MR) is 390 cm³/mol. The summed E-state index contributed by atoms with van der Waals surface area (Å²) < 4.78 is 16.9. The van der Waals surface area contributed by atoms with Crippen molar-refractivity contribution in [1.29, 1.82) is 0 Å². The van der Waals surface area contributed by atoms with Crippen molar-refractivity contribution in [1.82, 2.24) is 9.13 Å². The van der Waals surface area contributed by atoms with Gasteiger partial charge in [0, 0.05) is 118 Å². The lowest BCUT2D eigenvalue weighted by molar-refractivity contribution is 0.669. The van der Waals surface area contributed by atoms with Crippen LogP contribution in [0.4, 0.5) is 34.1 Å². The van der Waals surface area contributed by atoms with Gasteiger partial charge in [-0.2, -0.15) is 0 Å². The summed E-state index contributed by atoms with van der Waals surface area (Å²) in [5.74, 6) is 0. The van der Waals surface area contributed by atoms with E-state index in [9.17, 15) is 0 Å². The minimum absolute atomic E-state index is 0.848. The van der Waals surface area contributed by atoms with Gasteiger partial charge in [0.1, 0.15) is 11.2 Å². The highest BCUT2D eigenvalue weighted by atomic mass is 32.1. The Bertz CT molecular complexity index is 6430. The molecule has 0 unspecified atom stereocenters. The summed E-state index contributed by atoms with van der Waals surface area (Å²) in [4.78, 5) is 4.90.